The molecule has 1 unspecified atom stereocenters. The van der Waals surface area contributed by atoms with Gasteiger partial charge in [-0.25, -0.2) is 4.39 Å². The average Bonchev–Trinajstić information content (AvgIpc) is 2.04. The standard InChI is InChI=1S/C9H16FNO2/c10-3-5-11-4-1-2-8(7-11)6-9(12)13/h8H,1-7H2,(H,12,13). The number of hydrogen-bond acceptors (Lipinski definition) is 2. The molecule has 13 heavy (non-hydrogen) atoms. The fraction of sp³-hybridized carbons (Fsp3) is 0.889. The predicted octanol–water partition coefficient (Wildman–Crippen LogP) is 1.14. The topological polar surface area (TPSA) is 40.5 Å². The normalized spacial score (nSPS) is 24.5. The summed E-state index contributed by atoms with van der Waals surface area (Å²) in [4.78, 5) is 12.5. The zero-order chi connectivity index (χ0) is 9.68. The van der Waals surface area contributed by atoms with Crippen LogP contribution in [-0.4, -0.2) is 42.3 Å². The average molecular weight is 189 g/mol. The van der Waals surface area contributed by atoms with Crippen LogP contribution >= 0.6 is 0 Å². The van der Waals surface area contributed by atoms with Crippen LogP contribution in [0.1, 0.15) is 19.3 Å². The molecule has 1 atom stereocenters. The Kier molecular flexibility index (Phi) is 4.15. The van der Waals surface area contributed by atoms with Crippen molar-refractivity contribution in [3.63, 3.8) is 0 Å². The van der Waals surface area contributed by atoms with E-state index in [1.807, 2.05) is 4.90 Å². The van der Waals surface area contributed by atoms with Gasteiger partial charge in [0.05, 0.1) is 0 Å². The molecule has 1 aliphatic heterocycles. The van der Waals surface area contributed by atoms with E-state index in [-0.39, 0.29) is 19.0 Å². The highest BCUT2D eigenvalue weighted by atomic mass is 19.1. The van der Waals surface area contributed by atoms with E-state index in [1.54, 1.807) is 0 Å². The molecule has 1 aliphatic rings. The Hall–Kier alpha value is -0.640. The highest BCUT2D eigenvalue weighted by molar-refractivity contribution is 5.67. The number of likely N-dealkylation sites (tertiary alicyclic amines) is 1. The van der Waals surface area contributed by atoms with Gasteiger partial charge in [0.15, 0.2) is 0 Å². The molecule has 0 bridgehead atoms. The van der Waals surface area contributed by atoms with Crippen molar-refractivity contribution in [2.24, 2.45) is 5.92 Å². The number of nitrogens with zero attached hydrogens (tertiary/aromatic N) is 1. The summed E-state index contributed by atoms with van der Waals surface area (Å²) in [6.07, 6.45) is 2.19. The van der Waals surface area contributed by atoms with Gasteiger partial charge in [-0.15, -0.1) is 0 Å². The number of alkyl halides is 1. The van der Waals surface area contributed by atoms with Gasteiger partial charge in [-0.05, 0) is 25.3 Å². The lowest BCUT2D eigenvalue weighted by Gasteiger charge is -2.31. The SMILES string of the molecule is O=C(O)CC1CCCN(CCF)C1. The van der Waals surface area contributed by atoms with Crippen molar-refractivity contribution in [2.75, 3.05) is 26.3 Å². The maximum Gasteiger partial charge on any atom is 0.303 e. The molecule has 0 aromatic heterocycles. The van der Waals surface area contributed by atoms with Gasteiger partial charge in [0, 0.05) is 19.5 Å². The molecule has 1 fully saturated rings. The molecule has 76 valence electrons. The van der Waals surface area contributed by atoms with Crippen molar-refractivity contribution in [3.8, 4) is 0 Å². The van der Waals surface area contributed by atoms with E-state index in [9.17, 15) is 9.18 Å². The van der Waals surface area contributed by atoms with Crippen molar-refractivity contribution in [1.29, 1.82) is 0 Å². The fourth-order valence-electron chi connectivity index (χ4n) is 1.89. The summed E-state index contributed by atoms with van der Waals surface area (Å²) in [7, 11) is 0. The zero-order valence-electron chi connectivity index (χ0n) is 7.71. The number of piperidine rings is 1. The van der Waals surface area contributed by atoms with E-state index in [1.165, 1.54) is 0 Å². The maximum absolute atomic E-state index is 12.0. The molecule has 0 saturated carbocycles. The van der Waals surface area contributed by atoms with E-state index in [4.69, 9.17) is 5.11 Å². The van der Waals surface area contributed by atoms with Gasteiger partial charge < -0.3 is 10.0 Å². The van der Waals surface area contributed by atoms with Crippen LogP contribution in [0, 0.1) is 5.92 Å². The lowest BCUT2D eigenvalue weighted by atomic mass is 9.95. The number of carboxylic acid groups (broad SMARTS) is 1. The molecule has 4 heteroatoms. The lowest BCUT2D eigenvalue weighted by molar-refractivity contribution is -0.138. The third kappa shape index (κ3) is 3.72. The van der Waals surface area contributed by atoms with E-state index >= 15 is 0 Å². The lowest BCUT2D eigenvalue weighted by Crippen LogP contribution is -2.37. The summed E-state index contributed by atoms with van der Waals surface area (Å²) in [5, 5.41) is 8.59. The highest BCUT2D eigenvalue weighted by Gasteiger charge is 2.21. The van der Waals surface area contributed by atoms with Crippen LogP contribution in [0.25, 0.3) is 0 Å². The zero-order valence-corrected chi connectivity index (χ0v) is 7.71. The first kappa shape index (κ1) is 10.4. The Balaban J connectivity index is 2.28. The first-order chi connectivity index (χ1) is 6.22. The van der Waals surface area contributed by atoms with Crippen LogP contribution in [0.15, 0.2) is 0 Å². The van der Waals surface area contributed by atoms with Crippen LogP contribution < -0.4 is 0 Å². The molecule has 1 N–H and O–H groups in total. The van der Waals surface area contributed by atoms with Crippen molar-refractivity contribution in [3.05, 3.63) is 0 Å². The Morgan fingerprint density at radius 2 is 2.38 bits per heavy atom. The second kappa shape index (κ2) is 5.17. The molecular formula is C9H16FNO2. The number of carbonyl (C=O) groups is 1. The number of hydrogen-bond donors (Lipinski definition) is 1. The first-order valence-electron chi connectivity index (χ1n) is 4.72. The molecule has 0 aromatic carbocycles. The first-order valence-corrected chi connectivity index (χ1v) is 4.72. The maximum atomic E-state index is 12.0. The Morgan fingerprint density at radius 1 is 1.62 bits per heavy atom. The Bertz CT molecular complexity index is 173. The molecule has 1 heterocycles. The Labute approximate surface area is 77.5 Å². The second-order valence-corrected chi connectivity index (χ2v) is 3.60. The Morgan fingerprint density at radius 3 is 3.00 bits per heavy atom. The van der Waals surface area contributed by atoms with Crippen molar-refractivity contribution < 1.29 is 14.3 Å². The minimum atomic E-state index is -0.743. The van der Waals surface area contributed by atoms with Crippen molar-refractivity contribution in [2.45, 2.75) is 19.3 Å². The molecule has 1 rings (SSSR count). The summed E-state index contributed by atoms with van der Waals surface area (Å²) in [5.41, 5.74) is 0. The molecule has 0 amide bonds. The summed E-state index contributed by atoms with van der Waals surface area (Å²) in [5.74, 6) is -0.523. The number of aliphatic carboxylic acids is 1. The smallest absolute Gasteiger partial charge is 0.303 e. The van der Waals surface area contributed by atoms with Crippen LogP contribution in [0.5, 0.6) is 0 Å². The van der Waals surface area contributed by atoms with E-state index in [2.05, 4.69) is 0 Å². The summed E-state index contributed by atoms with van der Waals surface area (Å²) < 4.78 is 12.0. The number of carboxylic acids is 1. The second-order valence-electron chi connectivity index (χ2n) is 3.60. The molecule has 3 nitrogen and oxygen atoms in total. The van der Waals surface area contributed by atoms with Crippen LogP contribution in [0.4, 0.5) is 4.39 Å². The third-order valence-electron chi connectivity index (χ3n) is 2.47. The summed E-state index contributed by atoms with van der Waals surface area (Å²) in [6.45, 7) is 1.78. The molecule has 0 radical (unpaired) electrons. The van der Waals surface area contributed by atoms with Gasteiger partial charge in [-0.2, -0.15) is 0 Å². The van der Waals surface area contributed by atoms with E-state index in [0.29, 0.717) is 6.54 Å². The molecular weight excluding hydrogens is 173 g/mol. The van der Waals surface area contributed by atoms with Gasteiger partial charge >= 0.3 is 5.97 Å². The van der Waals surface area contributed by atoms with Gasteiger partial charge in [0.1, 0.15) is 6.67 Å². The van der Waals surface area contributed by atoms with Gasteiger partial charge in [0.2, 0.25) is 0 Å². The van der Waals surface area contributed by atoms with Crippen molar-refractivity contribution in [1.82, 2.24) is 4.90 Å². The minimum Gasteiger partial charge on any atom is -0.481 e. The molecule has 0 aliphatic carbocycles. The monoisotopic (exact) mass is 189 g/mol. The van der Waals surface area contributed by atoms with Gasteiger partial charge in [-0.1, -0.05) is 0 Å². The van der Waals surface area contributed by atoms with Crippen molar-refractivity contribution >= 4 is 5.97 Å². The van der Waals surface area contributed by atoms with Crippen LogP contribution in [-0.2, 0) is 4.79 Å². The third-order valence-corrected chi connectivity index (χ3v) is 2.47. The predicted molar refractivity (Wildman–Crippen MR) is 47.4 cm³/mol. The fourth-order valence-corrected chi connectivity index (χ4v) is 1.89. The largest absolute Gasteiger partial charge is 0.481 e. The van der Waals surface area contributed by atoms with Gasteiger partial charge in [-0.3, -0.25) is 4.79 Å². The molecule has 1 saturated heterocycles. The van der Waals surface area contributed by atoms with E-state index in [0.717, 1.165) is 25.9 Å². The molecule has 0 aromatic rings. The molecule has 0 spiro atoms. The highest BCUT2D eigenvalue weighted by Crippen LogP contribution is 2.19. The number of halogens is 1. The quantitative estimate of drug-likeness (QED) is 0.721. The van der Waals surface area contributed by atoms with Gasteiger partial charge in [0.25, 0.3) is 0 Å². The van der Waals surface area contributed by atoms with Crippen LogP contribution in [0.2, 0.25) is 0 Å². The minimum absolute atomic E-state index is 0.220. The summed E-state index contributed by atoms with van der Waals surface area (Å²) >= 11 is 0. The van der Waals surface area contributed by atoms with Crippen LogP contribution in [0.3, 0.4) is 0 Å². The van der Waals surface area contributed by atoms with E-state index < -0.39 is 5.97 Å². The summed E-state index contributed by atoms with van der Waals surface area (Å²) in [6, 6.07) is 0. The number of rotatable bonds is 4.